The van der Waals surface area contributed by atoms with Crippen LogP contribution in [0, 0.1) is 16.0 Å². The van der Waals surface area contributed by atoms with E-state index in [9.17, 15) is 10.1 Å². The van der Waals surface area contributed by atoms with E-state index in [1.807, 2.05) is 0 Å². The fourth-order valence-corrected chi connectivity index (χ4v) is 2.83. The van der Waals surface area contributed by atoms with Gasteiger partial charge in [-0.2, -0.15) is 0 Å². The van der Waals surface area contributed by atoms with E-state index < -0.39 is 4.92 Å². The Morgan fingerprint density at radius 2 is 1.95 bits per heavy atom. The summed E-state index contributed by atoms with van der Waals surface area (Å²) >= 11 is 11.7. The van der Waals surface area contributed by atoms with Gasteiger partial charge in [-0.15, -0.1) is 0 Å². The summed E-state index contributed by atoms with van der Waals surface area (Å²) < 4.78 is 5.82. The Kier molecular flexibility index (Phi) is 5.07. The van der Waals surface area contributed by atoms with Crippen molar-refractivity contribution in [2.45, 2.75) is 31.8 Å². The third kappa shape index (κ3) is 3.34. The minimum atomic E-state index is -0.516. The Morgan fingerprint density at radius 1 is 1.30 bits per heavy atom. The molecule has 2 rings (SSSR count). The van der Waals surface area contributed by atoms with Crippen LogP contribution in [0.2, 0.25) is 10.0 Å². The molecule has 5 nitrogen and oxygen atoms in total. The van der Waals surface area contributed by atoms with Crippen molar-refractivity contribution in [2.75, 3.05) is 6.54 Å². The molecular formula is C13H16Cl2N2O3. The lowest BCUT2D eigenvalue weighted by Gasteiger charge is -2.30. The van der Waals surface area contributed by atoms with Crippen molar-refractivity contribution in [3.63, 3.8) is 0 Å². The fraction of sp³-hybridized carbons (Fsp3) is 0.538. The van der Waals surface area contributed by atoms with Gasteiger partial charge in [0.1, 0.15) is 6.10 Å². The first-order valence-corrected chi connectivity index (χ1v) is 7.28. The monoisotopic (exact) mass is 318 g/mol. The number of hydrogen-bond acceptors (Lipinski definition) is 4. The molecular weight excluding hydrogens is 303 g/mol. The van der Waals surface area contributed by atoms with E-state index in [0.717, 1.165) is 25.7 Å². The normalized spacial score (nSPS) is 22.6. The van der Waals surface area contributed by atoms with E-state index in [1.54, 1.807) is 0 Å². The lowest BCUT2D eigenvalue weighted by molar-refractivity contribution is -0.386. The molecule has 2 unspecified atom stereocenters. The topological polar surface area (TPSA) is 78.4 Å². The average molecular weight is 319 g/mol. The molecule has 0 aromatic heterocycles. The van der Waals surface area contributed by atoms with Crippen molar-refractivity contribution in [1.29, 1.82) is 0 Å². The summed E-state index contributed by atoms with van der Waals surface area (Å²) in [4.78, 5) is 10.6. The summed E-state index contributed by atoms with van der Waals surface area (Å²) in [6, 6.07) is 2.63. The molecule has 0 amide bonds. The van der Waals surface area contributed by atoms with Crippen LogP contribution in [0.3, 0.4) is 0 Å². The van der Waals surface area contributed by atoms with Gasteiger partial charge < -0.3 is 10.5 Å². The number of hydrogen-bond donors (Lipinski definition) is 1. The molecule has 1 aromatic rings. The summed E-state index contributed by atoms with van der Waals surface area (Å²) in [6.07, 6.45) is 3.88. The van der Waals surface area contributed by atoms with Gasteiger partial charge in [0.2, 0.25) is 0 Å². The van der Waals surface area contributed by atoms with Crippen molar-refractivity contribution in [1.82, 2.24) is 0 Å². The maximum Gasteiger partial charge on any atom is 0.312 e. The Balaban J connectivity index is 2.27. The molecule has 1 saturated carbocycles. The van der Waals surface area contributed by atoms with Gasteiger partial charge >= 0.3 is 5.69 Å². The minimum Gasteiger partial charge on any atom is -0.483 e. The predicted octanol–water partition coefficient (Wildman–Crippen LogP) is 3.80. The Hall–Kier alpha value is -1.04. The molecule has 1 aromatic carbocycles. The minimum absolute atomic E-state index is 0.107. The van der Waals surface area contributed by atoms with E-state index in [4.69, 9.17) is 33.7 Å². The molecule has 1 aliphatic rings. The number of rotatable bonds is 4. The number of benzene rings is 1. The predicted molar refractivity (Wildman–Crippen MR) is 78.5 cm³/mol. The first kappa shape index (κ1) is 15.4. The fourth-order valence-electron chi connectivity index (χ4n) is 2.52. The van der Waals surface area contributed by atoms with Crippen molar-refractivity contribution < 1.29 is 9.66 Å². The number of halogens is 2. The summed E-state index contributed by atoms with van der Waals surface area (Å²) in [5.41, 5.74) is 5.57. The Morgan fingerprint density at radius 3 is 2.60 bits per heavy atom. The highest BCUT2D eigenvalue weighted by atomic mass is 35.5. The molecule has 0 radical (unpaired) electrons. The Labute approximate surface area is 127 Å². The zero-order chi connectivity index (χ0) is 14.7. The van der Waals surface area contributed by atoms with Crippen LogP contribution in [0.1, 0.15) is 25.7 Å². The standard InChI is InChI=1S/C13H16Cl2N2O3/c14-9-5-11(17(18)19)13(6-10(9)15)20-12-4-2-1-3-8(12)7-16/h5-6,8,12H,1-4,7,16H2. The van der Waals surface area contributed by atoms with Gasteiger partial charge in [-0.25, -0.2) is 0 Å². The van der Waals surface area contributed by atoms with Crippen LogP contribution in [0.25, 0.3) is 0 Å². The van der Waals surface area contributed by atoms with Crippen LogP contribution < -0.4 is 10.5 Å². The lowest BCUT2D eigenvalue weighted by Crippen LogP contribution is -2.35. The lowest BCUT2D eigenvalue weighted by atomic mass is 9.86. The van der Waals surface area contributed by atoms with Gasteiger partial charge in [-0.05, 0) is 25.8 Å². The quantitative estimate of drug-likeness (QED) is 0.676. The number of nitrogens with two attached hydrogens (primary N) is 1. The summed E-state index contributed by atoms with van der Waals surface area (Å²) in [5, 5.41) is 11.5. The number of ether oxygens (including phenoxy) is 1. The highest BCUT2D eigenvalue weighted by molar-refractivity contribution is 6.42. The van der Waals surface area contributed by atoms with Crippen LogP contribution in [0.4, 0.5) is 5.69 Å². The number of nitro groups is 1. The van der Waals surface area contributed by atoms with E-state index >= 15 is 0 Å². The highest BCUT2D eigenvalue weighted by Crippen LogP contribution is 2.38. The molecule has 0 bridgehead atoms. The van der Waals surface area contributed by atoms with Gasteiger partial charge in [-0.3, -0.25) is 10.1 Å². The molecule has 1 fully saturated rings. The number of nitro benzene ring substituents is 1. The summed E-state index contributed by atoms with van der Waals surface area (Å²) in [7, 11) is 0. The zero-order valence-corrected chi connectivity index (χ0v) is 12.4. The molecule has 2 atom stereocenters. The second-order valence-electron chi connectivity index (χ2n) is 4.93. The maximum absolute atomic E-state index is 11.1. The smallest absolute Gasteiger partial charge is 0.312 e. The Bertz CT molecular complexity index is 511. The largest absolute Gasteiger partial charge is 0.483 e. The first-order valence-electron chi connectivity index (χ1n) is 6.53. The van der Waals surface area contributed by atoms with Gasteiger partial charge in [0.15, 0.2) is 5.75 Å². The molecule has 1 aliphatic carbocycles. The molecule has 0 heterocycles. The van der Waals surface area contributed by atoms with Crippen LogP contribution in [0.15, 0.2) is 12.1 Å². The van der Waals surface area contributed by atoms with Crippen LogP contribution in [-0.4, -0.2) is 17.6 Å². The summed E-state index contributed by atoms with van der Waals surface area (Å²) in [5.74, 6) is 0.382. The number of nitrogens with zero attached hydrogens (tertiary/aromatic N) is 1. The molecule has 20 heavy (non-hydrogen) atoms. The third-order valence-electron chi connectivity index (χ3n) is 3.62. The molecule has 0 saturated heterocycles. The maximum atomic E-state index is 11.1. The van der Waals surface area contributed by atoms with Crippen molar-refractivity contribution in [3.8, 4) is 5.75 Å². The van der Waals surface area contributed by atoms with Gasteiger partial charge in [0, 0.05) is 18.1 Å². The second-order valence-corrected chi connectivity index (χ2v) is 5.74. The van der Waals surface area contributed by atoms with Crippen LogP contribution in [-0.2, 0) is 0 Å². The van der Waals surface area contributed by atoms with Crippen LogP contribution in [0.5, 0.6) is 5.75 Å². The molecule has 110 valence electrons. The average Bonchev–Trinajstić information content (AvgIpc) is 2.43. The van der Waals surface area contributed by atoms with Crippen LogP contribution >= 0.6 is 23.2 Å². The van der Waals surface area contributed by atoms with Crippen molar-refractivity contribution in [3.05, 3.63) is 32.3 Å². The molecule has 0 spiro atoms. The first-order chi connectivity index (χ1) is 9.52. The molecule has 7 heteroatoms. The van der Waals surface area contributed by atoms with Crippen molar-refractivity contribution in [2.24, 2.45) is 11.7 Å². The second kappa shape index (κ2) is 6.61. The SMILES string of the molecule is NCC1CCCCC1Oc1cc(Cl)c(Cl)cc1[N+](=O)[O-]. The van der Waals surface area contributed by atoms with E-state index in [1.165, 1.54) is 12.1 Å². The molecule has 0 aliphatic heterocycles. The zero-order valence-electron chi connectivity index (χ0n) is 10.9. The van der Waals surface area contributed by atoms with E-state index in [0.29, 0.717) is 6.54 Å². The third-order valence-corrected chi connectivity index (χ3v) is 4.34. The van der Waals surface area contributed by atoms with Crippen molar-refractivity contribution >= 4 is 28.9 Å². The van der Waals surface area contributed by atoms with E-state index in [2.05, 4.69) is 0 Å². The van der Waals surface area contributed by atoms with E-state index in [-0.39, 0.29) is 33.5 Å². The van der Waals surface area contributed by atoms with Gasteiger partial charge in [0.25, 0.3) is 0 Å². The highest BCUT2D eigenvalue weighted by Gasteiger charge is 2.28. The molecule has 2 N–H and O–H groups in total. The summed E-state index contributed by atoms with van der Waals surface area (Å²) in [6.45, 7) is 0.514. The van der Waals surface area contributed by atoms with Gasteiger partial charge in [-0.1, -0.05) is 29.6 Å². The van der Waals surface area contributed by atoms with Gasteiger partial charge in [0.05, 0.1) is 15.0 Å².